The van der Waals surface area contributed by atoms with Gasteiger partial charge in [0.1, 0.15) is 22.3 Å². The minimum Gasteiger partial charge on any atom is -0.456 e. The molecule has 4 aromatic heterocycles. The molecule has 49 heavy (non-hydrogen) atoms. The van der Waals surface area contributed by atoms with E-state index in [9.17, 15) is 0 Å². The van der Waals surface area contributed by atoms with Crippen LogP contribution in [0.25, 0.3) is 105 Å². The molecule has 0 saturated carbocycles. The molecule has 5 nitrogen and oxygen atoms in total. The first-order valence-corrected chi connectivity index (χ1v) is 16.4. The van der Waals surface area contributed by atoms with Gasteiger partial charge in [0, 0.05) is 32.8 Å². The van der Waals surface area contributed by atoms with Gasteiger partial charge in [-0.25, -0.2) is 9.97 Å². The van der Waals surface area contributed by atoms with Crippen molar-refractivity contribution in [1.29, 1.82) is 0 Å². The van der Waals surface area contributed by atoms with Crippen LogP contribution < -0.4 is 0 Å². The molecule has 7 aromatic carbocycles. The normalized spacial score (nSPS) is 12.1. The molecule has 228 valence electrons. The van der Waals surface area contributed by atoms with Gasteiger partial charge in [-0.1, -0.05) is 91.0 Å². The highest BCUT2D eigenvalue weighted by Gasteiger charge is 2.19. The second-order valence-corrected chi connectivity index (χ2v) is 12.6. The van der Waals surface area contributed by atoms with Gasteiger partial charge in [-0.2, -0.15) is 0 Å². The molecule has 0 radical (unpaired) electrons. The summed E-state index contributed by atoms with van der Waals surface area (Å²) in [7, 11) is 0. The van der Waals surface area contributed by atoms with Gasteiger partial charge in [0.15, 0.2) is 0 Å². The zero-order chi connectivity index (χ0) is 32.1. The van der Waals surface area contributed by atoms with Gasteiger partial charge in [-0.15, -0.1) is 0 Å². The lowest BCUT2D eigenvalue weighted by molar-refractivity contribution is 0.653. The van der Waals surface area contributed by atoms with Crippen molar-refractivity contribution in [3.8, 4) is 28.1 Å². The molecule has 0 bridgehead atoms. The van der Waals surface area contributed by atoms with Crippen LogP contribution in [0.5, 0.6) is 0 Å². The van der Waals surface area contributed by atoms with Gasteiger partial charge >= 0.3 is 0 Å². The average molecular weight is 628 g/mol. The quantitative estimate of drug-likeness (QED) is 0.196. The van der Waals surface area contributed by atoms with Crippen molar-refractivity contribution in [3.05, 3.63) is 152 Å². The molecule has 0 unspecified atom stereocenters. The molecule has 0 aliphatic heterocycles. The Labute approximate surface area is 279 Å². The van der Waals surface area contributed by atoms with Crippen LogP contribution in [0.1, 0.15) is 0 Å². The molecule has 0 aliphatic rings. The van der Waals surface area contributed by atoms with Crippen molar-refractivity contribution in [1.82, 2.24) is 14.5 Å². The SMILES string of the molecule is c1ccc(-n2c3ccccc3c3cc(-c4ccc5c(c4)oc4cccc(-c6cnc7c(n6)oc6ccc8ccccc8c67)c45)ccc32)cc1. The van der Waals surface area contributed by atoms with Crippen molar-refractivity contribution in [2.45, 2.75) is 0 Å². The first kappa shape index (κ1) is 26.4. The summed E-state index contributed by atoms with van der Waals surface area (Å²) >= 11 is 0. The van der Waals surface area contributed by atoms with Crippen LogP contribution in [0.3, 0.4) is 0 Å². The third kappa shape index (κ3) is 3.81. The maximum Gasteiger partial charge on any atom is 0.246 e. The number of rotatable bonds is 3. The Kier molecular flexibility index (Phi) is 5.32. The summed E-state index contributed by atoms with van der Waals surface area (Å²) < 4.78 is 15.1. The molecule has 11 aromatic rings. The fourth-order valence-corrected chi connectivity index (χ4v) is 7.66. The number of furan rings is 2. The van der Waals surface area contributed by atoms with Crippen LogP contribution in [0.4, 0.5) is 0 Å². The van der Waals surface area contributed by atoms with Crippen molar-refractivity contribution in [2.75, 3.05) is 0 Å². The highest BCUT2D eigenvalue weighted by Crippen LogP contribution is 2.40. The highest BCUT2D eigenvalue weighted by molar-refractivity contribution is 6.18. The predicted octanol–water partition coefficient (Wildman–Crippen LogP) is 11.9. The molecule has 0 saturated heterocycles. The van der Waals surface area contributed by atoms with Crippen molar-refractivity contribution >= 4 is 76.7 Å². The molecule has 5 heteroatoms. The second-order valence-electron chi connectivity index (χ2n) is 12.6. The number of benzene rings is 7. The van der Waals surface area contributed by atoms with E-state index in [0.717, 1.165) is 77.3 Å². The third-order valence-corrected chi connectivity index (χ3v) is 9.87. The molecule has 0 fully saturated rings. The van der Waals surface area contributed by atoms with Crippen LogP contribution >= 0.6 is 0 Å². The summed E-state index contributed by atoms with van der Waals surface area (Å²) in [6.45, 7) is 0. The Bertz CT molecular complexity index is 3110. The van der Waals surface area contributed by atoms with Gasteiger partial charge in [-0.3, -0.25) is 0 Å². The third-order valence-electron chi connectivity index (χ3n) is 9.87. The number of aromatic nitrogens is 3. The number of nitrogens with zero attached hydrogens (tertiary/aromatic N) is 3. The molecule has 0 aliphatic carbocycles. The lowest BCUT2D eigenvalue weighted by Crippen LogP contribution is -1.92. The van der Waals surface area contributed by atoms with E-state index in [2.05, 4.69) is 120 Å². The summed E-state index contributed by atoms with van der Waals surface area (Å²) in [5.41, 5.74) is 11.2. The minimum atomic E-state index is 0.528. The topological polar surface area (TPSA) is 57.0 Å². The first-order valence-electron chi connectivity index (χ1n) is 16.4. The van der Waals surface area contributed by atoms with E-state index in [4.69, 9.17) is 18.8 Å². The summed E-state index contributed by atoms with van der Waals surface area (Å²) in [6.07, 6.45) is 1.85. The summed E-state index contributed by atoms with van der Waals surface area (Å²) in [6, 6.07) is 50.9. The molecule has 0 atom stereocenters. The van der Waals surface area contributed by atoms with E-state index in [0.29, 0.717) is 5.71 Å². The van der Waals surface area contributed by atoms with Crippen molar-refractivity contribution in [2.24, 2.45) is 0 Å². The van der Waals surface area contributed by atoms with Crippen molar-refractivity contribution < 1.29 is 8.83 Å². The maximum atomic E-state index is 6.50. The number of hydrogen-bond donors (Lipinski definition) is 0. The van der Waals surface area contributed by atoms with E-state index in [1.54, 1.807) is 0 Å². The Morgan fingerprint density at radius 1 is 0.490 bits per heavy atom. The minimum absolute atomic E-state index is 0.528. The Morgan fingerprint density at radius 2 is 1.27 bits per heavy atom. The molecule has 11 rings (SSSR count). The standard InChI is InChI=1S/C44H25N3O2/c1-2-10-29(11-3-1)47-36-15-7-6-13-31(36)34-23-27(18-21-37(34)47)28-17-20-33-40(24-28)48-38-16-8-14-32(41(33)38)35-25-45-43-42-30-12-5-4-9-26(30)19-22-39(42)49-44(43)46-35/h1-25H. The summed E-state index contributed by atoms with van der Waals surface area (Å²) in [4.78, 5) is 9.90. The number of para-hydroxylation sites is 2. The lowest BCUT2D eigenvalue weighted by atomic mass is 9.99. The van der Waals surface area contributed by atoms with E-state index in [-0.39, 0.29) is 0 Å². The van der Waals surface area contributed by atoms with Crippen LogP contribution in [0.2, 0.25) is 0 Å². The fourth-order valence-electron chi connectivity index (χ4n) is 7.66. The average Bonchev–Trinajstić information content (AvgIpc) is 3.83. The molecule has 0 N–H and O–H groups in total. The lowest BCUT2D eigenvalue weighted by Gasteiger charge is -2.08. The smallest absolute Gasteiger partial charge is 0.246 e. The zero-order valence-corrected chi connectivity index (χ0v) is 26.1. The fraction of sp³-hybridized carbons (Fsp3) is 0. The number of fused-ring (bicyclic) bond motifs is 11. The maximum absolute atomic E-state index is 6.50. The van der Waals surface area contributed by atoms with E-state index < -0.39 is 0 Å². The van der Waals surface area contributed by atoms with Crippen LogP contribution in [-0.2, 0) is 0 Å². The van der Waals surface area contributed by atoms with Gasteiger partial charge in [-0.05, 0) is 76.5 Å². The molecule has 4 heterocycles. The zero-order valence-electron chi connectivity index (χ0n) is 26.1. The van der Waals surface area contributed by atoms with Gasteiger partial charge in [0.05, 0.1) is 28.3 Å². The molecular weight excluding hydrogens is 603 g/mol. The largest absolute Gasteiger partial charge is 0.456 e. The summed E-state index contributed by atoms with van der Waals surface area (Å²) in [5, 5.41) is 7.76. The van der Waals surface area contributed by atoms with Crippen LogP contribution in [0, 0.1) is 0 Å². The Hall–Kier alpha value is -6.72. The monoisotopic (exact) mass is 627 g/mol. The molecule has 0 spiro atoms. The second kappa shape index (κ2) is 9.89. The van der Waals surface area contributed by atoms with Gasteiger partial charge < -0.3 is 13.4 Å². The summed E-state index contributed by atoms with van der Waals surface area (Å²) in [5.74, 6) is 0. The van der Waals surface area contributed by atoms with E-state index in [1.807, 2.05) is 36.5 Å². The first-order chi connectivity index (χ1) is 24.3. The highest BCUT2D eigenvalue weighted by atomic mass is 16.3. The Morgan fingerprint density at radius 3 is 2.20 bits per heavy atom. The van der Waals surface area contributed by atoms with E-state index in [1.165, 1.54) is 21.8 Å². The Balaban J connectivity index is 1.05. The molecular formula is C44H25N3O2. The predicted molar refractivity (Wildman–Crippen MR) is 199 cm³/mol. The molecule has 0 amide bonds. The van der Waals surface area contributed by atoms with Crippen molar-refractivity contribution in [3.63, 3.8) is 0 Å². The number of hydrogen-bond acceptors (Lipinski definition) is 4. The van der Waals surface area contributed by atoms with E-state index >= 15 is 0 Å². The van der Waals surface area contributed by atoms with Crippen LogP contribution in [0.15, 0.2) is 161 Å². The van der Waals surface area contributed by atoms with Crippen LogP contribution in [-0.4, -0.2) is 14.5 Å². The van der Waals surface area contributed by atoms with Gasteiger partial charge in [0.2, 0.25) is 5.71 Å². The van der Waals surface area contributed by atoms with Gasteiger partial charge in [0.25, 0.3) is 0 Å².